The van der Waals surface area contributed by atoms with Gasteiger partial charge < -0.3 is 5.32 Å². The number of halogens is 2. The fraction of sp³-hybridized carbons (Fsp3) is 0.300. The first kappa shape index (κ1) is 11.1. The van der Waals surface area contributed by atoms with Gasteiger partial charge in [0.25, 0.3) is 0 Å². The summed E-state index contributed by atoms with van der Waals surface area (Å²) in [4.78, 5) is 1.16. The van der Waals surface area contributed by atoms with Crippen LogP contribution >= 0.6 is 11.3 Å². The number of rotatable bonds is 4. The van der Waals surface area contributed by atoms with Crippen LogP contribution in [0.4, 0.5) is 14.5 Å². The van der Waals surface area contributed by atoms with Crippen LogP contribution in [0.15, 0.2) is 23.7 Å². The highest BCUT2D eigenvalue weighted by Crippen LogP contribution is 2.19. The monoisotopic (exact) mass is 243 g/mol. The van der Waals surface area contributed by atoms with Crippen LogP contribution in [0.3, 0.4) is 0 Å². The molecular weight excluding hydrogens is 232 g/mol. The Kier molecular flexibility index (Phi) is 3.19. The Bertz CT molecular complexity index is 451. The standard InChI is InChI=1S/C10H11F2N3S/c1-7-9(6-15(14-7)10(11)12)13-5-8-3-2-4-16-8/h2-4,6,10,13H,5H2,1H3. The minimum atomic E-state index is -2.59. The summed E-state index contributed by atoms with van der Waals surface area (Å²) in [5, 5.41) is 8.78. The second kappa shape index (κ2) is 4.61. The molecule has 6 heteroatoms. The molecule has 0 aliphatic rings. The van der Waals surface area contributed by atoms with Crippen molar-refractivity contribution < 1.29 is 8.78 Å². The summed E-state index contributed by atoms with van der Waals surface area (Å²) in [7, 11) is 0. The molecule has 0 amide bonds. The number of anilines is 1. The number of thiophene rings is 1. The molecule has 16 heavy (non-hydrogen) atoms. The van der Waals surface area contributed by atoms with Gasteiger partial charge in [-0.1, -0.05) is 6.07 Å². The van der Waals surface area contributed by atoms with Crippen molar-refractivity contribution in [2.24, 2.45) is 0 Å². The molecule has 0 saturated heterocycles. The molecule has 0 saturated carbocycles. The van der Waals surface area contributed by atoms with E-state index in [1.165, 1.54) is 6.20 Å². The van der Waals surface area contributed by atoms with Crippen LogP contribution in [0.5, 0.6) is 0 Å². The topological polar surface area (TPSA) is 29.9 Å². The lowest BCUT2D eigenvalue weighted by Gasteiger charge is -2.01. The molecule has 2 aromatic heterocycles. The van der Waals surface area contributed by atoms with Gasteiger partial charge in [-0.15, -0.1) is 11.3 Å². The predicted molar refractivity (Wildman–Crippen MR) is 59.9 cm³/mol. The van der Waals surface area contributed by atoms with Crippen LogP contribution < -0.4 is 5.32 Å². The average Bonchev–Trinajstić information content (AvgIpc) is 2.84. The summed E-state index contributed by atoms with van der Waals surface area (Å²) < 4.78 is 25.4. The molecule has 0 radical (unpaired) electrons. The van der Waals surface area contributed by atoms with Crippen molar-refractivity contribution in [1.29, 1.82) is 0 Å². The van der Waals surface area contributed by atoms with Gasteiger partial charge >= 0.3 is 6.55 Å². The van der Waals surface area contributed by atoms with E-state index in [4.69, 9.17) is 0 Å². The lowest BCUT2D eigenvalue weighted by Crippen LogP contribution is -1.98. The van der Waals surface area contributed by atoms with Crippen molar-refractivity contribution in [1.82, 2.24) is 9.78 Å². The van der Waals surface area contributed by atoms with Crippen molar-refractivity contribution in [2.45, 2.75) is 20.0 Å². The molecule has 0 fully saturated rings. The number of hydrogen-bond acceptors (Lipinski definition) is 3. The van der Waals surface area contributed by atoms with Gasteiger partial charge in [0.15, 0.2) is 0 Å². The van der Waals surface area contributed by atoms with Gasteiger partial charge in [0, 0.05) is 11.4 Å². The van der Waals surface area contributed by atoms with Gasteiger partial charge in [0.2, 0.25) is 0 Å². The Morgan fingerprint density at radius 1 is 1.56 bits per heavy atom. The summed E-state index contributed by atoms with van der Waals surface area (Å²) in [6.07, 6.45) is 1.33. The van der Waals surface area contributed by atoms with Crippen molar-refractivity contribution in [3.63, 3.8) is 0 Å². The quantitative estimate of drug-likeness (QED) is 0.893. The molecule has 2 aromatic rings. The number of alkyl halides is 2. The fourth-order valence-electron chi connectivity index (χ4n) is 1.35. The molecule has 86 valence electrons. The summed E-state index contributed by atoms with van der Waals surface area (Å²) in [5.41, 5.74) is 1.23. The molecule has 3 nitrogen and oxygen atoms in total. The lowest BCUT2D eigenvalue weighted by molar-refractivity contribution is 0.0563. The van der Waals surface area contributed by atoms with Crippen molar-refractivity contribution in [2.75, 3.05) is 5.32 Å². The lowest BCUT2D eigenvalue weighted by atomic mass is 10.4. The molecule has 0 aromatic carbocycles. The molecule has 0 atom stereocenters. The zero-order chi connectivity index (χ0) is 11.5. The first-order chi connectivity index (χ1) is 7.66. The summed E-state index contributed by atoms with van der Waals surface area (Å²) in [6.45, 7) is -0.251. The number of nitrogens with one attached hydrogen (secondary N) is 1. The molecule has 0 unspecified atom stereocenters. The van der Waals surface area contributed by atoms with Gasteiger partial charge in [-0.05, 0) is 18.4 Å². The largest absolute Gasteiger partial charge is 0.377 e. The molecule has 0 bridgehead atoms. The van der Waals surface area contributed by atoms with E-state index in [-0.39, 0.29) is 0 Å². The van der Waals surface area contributed by atoms with E-state index in [1.54, 1.807) is 18.3 Å². The molecular formula is C10H11F2N3S. The minimum absolute atomic E-state index is 0.580. The Labute approximate surface area is 95.7 Å². The van der Waals surface area contributed by atoms with Crippen molar-refractivity contribution in [3.8, 4) is 0 Å². The van der Waals surface area contributed by atoms with Crippen LogP contribution in [0.25, 0.3) is 0 Å². The Balaban J connectivity index is 2.04. The number of hydrogen-bond donors (Lipinski definition) is 1. The molecule has 2 rings (SSSR count). The van der Waals surface area contributed by atoms with Gasteiger partial charge in [-0.3, -0.25) is 0 Å². The molecule has 2 heterocycles. The number of aryl methyl sites for hydroxylation is 1. The molecule has 0 aliphatic carbocycles. The van der Waals surface area contributed by atoms with E-state index >= 15 is 0 Å². The van der Waals surface area contributed by atoms with Gasteiger partial charge in [-0.25, -0.2) is 4.68 Å². The van der Waals surface area contributed by atoms with E-state index < -0.39 is 6.55 Å². The van der Waals surface area contributed by atoms with Gasteiger partial charge in [-0.2, -0.15) is 13.9 Å². The zero-order valence-corrected chi connectivity index (χ0v) is 9.47. The normalized spacial score (nSPS) is 11.0. The third kappa shape index (κ3) is 2.38. The van der Waals surface area contributed by atoms with Crippen molar-refractivity contribution in [3.05, 3.63) is 34.3 Å². The second-order valence-electron chi connectivity index (χ2n) is 3.32. The Morgan fingerprint density at radius 2 is 2.38 bits per heavy atom. The first-order valence-corrected chi connectivity index (χ1v) is 5.65. The first-order valence-electron chi connectivity index (χ1n) is 4.77. The van der Waals surface area contributed by atoms with E-state index in [0.717, 1.165) is 4.88 Å². The predicted octanol–water partition coefficient (Wildman–Crippen LogP) is 3.26. The average molecular weight is 243 g/mol. The van der Waals surface area contributed by atoms with E-state index in [1.807, 2.05) is 17.5 Å². The van der Waals surface area contributed by atoms with Crippen LogP contribution in [0.2, 0.25) is 0 Å². The highest BCUT2D eigenvalue weighted by atomic mass is 32.1. The summed E-state index contributed by atoms with van der Waals surface area (Å²) >= 11 is 1.62. The molecule has 0 spiro atoms. The van der Waals surface area contributed by atoms with Crippen LogP contribution in [0.1, 0.15) is 17.1 Å². The summed E-state index contributed by atoms with van der Waals surface area (Å²) in [5.74, 6) is 0. The smallest absolute Gasteiger partial charge is 0.333 e. The Hall–Kier alpha value is -1.43. The van der Waals surface area contributed by atoms with Crippen LogP contribution in [-0.2, 0) is 6.54 Å². The van der Waals surface area contributed by atoms with Crippen molar-refractivity contribution >= 4 is 17.0 Å². The number of aromatic nitrogens is 2. The maximum Gasteiger partial charge on any atom is 0.333 e. The van der Waals surface area contributed by atoms with E-state index in [0.29, 0.717) is 22.6 Å². The van der Waals surface area contributed by atoms with Gasteiger partial charge in [0.05, 0.1) is 17.6 Å². The second-order valence-corrected chi connectivity index (χ2v) is 4.35. The van der Waals surface area contributed by atoms with Gasteiger partial charge in [0.1, 0.15) is 0 Å². The molecule has 1 N–H and O–H groups in total. The zero-order valence-electron chi connectivity index (χ0n) is 8.65. The Morgan fingerprint density at radius 3 is 2.94 bits per heavy atom. The highest BCUT2D eigenvalue weighted by molar-refractivity contribution is 7.09. The third-order valence-electron chi connectivity index (χ3n) is 2.15. The SMILES string of the molecule is Cc1nn(C(F)F)cc1NCc1cccs1. The summed E-state index contributed by atoms with van der Waals surface area (Å²) in [6, 6.07) is 3.95. The number of nitrogens with zero attached hydrogens (tertiary/aromatic N) is 2. The maximum absolute atomic E-state index is 12.3. The maximum atomic E-state index is 12.3. The van der Waals surface area contributed by atoms with Crippen LogP contribution in [0, 0.1) is 6.92 Å². The minimum Gasteiger partial charge on any atom is -0.377 e. The molecule has 0 aliphatic heterocycles. The highest BCUT2D eigenvalue weighted by Gasteiger charge is 2.10. The van der Waals surface area contributed by atoms with E-state index in [9.17, 15) is 8.78 Å². The third-order valence-corrected chi connectivity index (χ3v) is 3.03. The van der Waals surface area contributed by atoms with Crippen LogP contribution in [-0.4, -0.2) is 9.78 Å². The van der Waals surface area contributed by atoms with E-state index in [2.05, 4.69) is 10.4 Å². The fourth-order valence-corrected chi connectivity index (χ4v) is 2.00.